The second-order valence-electron chi connectivity index (χ2n) is 7.32. The molecule has 0 aromatic heterocycles. The van der Waals surface area contributed by atoms with Gasteiger partial charge in [-0.1, -0.05) is 39.0 Å². The van der Waals surface area contributed by atoms with Gasteiger partial charge in [0.2, 0.25) is 0 Å². The highest BCUT2D eigenvalue weighted by atomic mass is 16.1. The Balaban J connectivity index is 1.79. The van der Waals surface area contributed by atoms with E-state index in [0.717, 1.165) is 24.3 Å². The van der Waals surface area contributed by atoms with Gasteiger partial charge in [-0.15, -0.1) is 0 Å². The smallest absolute Gasteiger partial charge is 0.251 e. The van der Waals surface area contributed by atoms with Crippen molar-refractivity contribution < 1.29 is 4.79 Å². The zero-order valence-electron chi connectivity index (χ0n) is 13.0. The lowest BCUT2D eigenvalue weighted by Crippen LogP contribution is -2.38. The Labute approximate surface area is 123 Å². The zero-order valence-corrected chi connectivity index (χ0v) is 13.0. The van der Waals surface area contributed by atoms with Crippen LogP contribution < -0.4 is 5.32 Å². The van der Waals surface area contributed by atoms with E-state index in [1.807, 2.05) is 30.3 Å². The van der Waals surface area contributed by atoms with Crippen LogP contribution in [0.25, 0.3) is 0 Å². The Morgan fingerprint density at radius 1 is 1.10 bits per heavy atom. The lowest BCUT2D eigenvalue weighted by atomic mass is 9.76. The number of carbonyl (C=O) groups is 1. The maximum absolute atomic E-state index is 12.1. The number of hydrogen-bond acceptors (Lipinski definition) is 1. The third-order valence-electron chi connectivity index (χ3n) is 4.12. The highest BCUT2D eigenvalue weighted by molar-refractivity contribution is 5.94. The SMILES string of the molecule is CC(C)(C)CC1CCC(NC(=O)c2ccccc2)CC1. The van der Waals surface area contributed by atoms with Crippen molar-refractivity contribution in [2.45, 2.75) is 58.9 Å². The molecule has 2 heteroatoms. The molecule has 110 valence electrons. The fourth-order valence-corrected chi connectivity index (χ4v) is 3.24. The van der Waals surface area contributed by atoms with Crippen molar-refractivity contribution in [3.63, 3.8) is 0 Å². The first kappa shape index (κ1) is 15.1. The summed E-state index contributed by atoms with van der Waals surface area (Å²) in [5.74, 6) is 0.907. The van der Waals surface area contributed by atoms with Crippen LogP contribution in [0.1, 0.15) is 63.2 Å². The molecular formula is C18H27NO. The predicted molar refractivity (Wildman–Crippen MR) is 83.7 cm³/mol. The van der Waals surface area contributed by atoms with E-state index in [9.17, 15) is 4.79 Å². The number of hydrogen-bond donors (Lipinski definition) is 1. The molecule has 1 aliphatic rings. The van der Waals surface area contributed by atoms with Gasteiger partial charge in [0, 0.05) is 11.6 Å². The molecule has 1 fully saturated rings. The summed E-state index contributed by atoms with van der Waals surface area (Å²) in [4.78, 5) is 12.1. The predicted octanol–water partition coefficient (Wildman–Crippen LogP) is 4.41. The van der Waals surface area contributed by atoms with Gasteiger partial charge in [0.15, 0.2) is 0 Å². The van der Waals surface area contributed by atoms with Crippen molar-refractivity contribution in [2.75, 3.05) is 0 Å². The molecule has 0 atom stereocenters. The minimum atomic E-state index is 0.0740. The Kier molecular flexibility index (Phi) is 4.85. The fourth-order valence-electron chi connectivity index (χ4n) is 3.24. The standard InChI is InChI=1S/C18H27NO/c1-18(2,3)13-14-9-11-16(12-10-14)19-17(20)15-7-5-4-6-8-15/h4-8,14,16H,9-13H2,1-3H3,(H,19,20). The fraction of sp³-hybridized carbons (Fsp3) is 0.611. The van der Waals surface area contributed by atoms with Gasteiger partial charge in [-0.2, -0.15) is 0 Å². The maximum Gasteiger partial charge on any atom is 0.251 e. The van der Waals surface area contributed by atoms with Crippen molar-refractivity contribution in [3.05, 3.63) is 35.9 Å². The van der Waals surface area contributed by atoms with Gasteiger partial charge in [-0.3, -0.25) is 4.79 Å². The van der Waals surface area contributed by atoms with Crippen LogP contribution in [-0.4, -0.2) is 11.9 Å². The molecule has 1 aromatic carbocycles. The van der Waals surface area contributed by atoms with Crippen molar-refractivity contribution >= 4 is 5.91 Å². The lowest BCUT2D eigenvalue weighted by Gasteiger charge is -2.33. The van der Waals surface area contributed by atoms with Crippen molar-refractivity contribution in [1.82, 2.24) is 5.32 Å². The van der Waals surface area contributed by atoms with Crippen LogP contribution in [0.4, 0.5) is 0 Å². The summed E-state index contributed by atoms with van der Waals surface area (Å²) in [6.07, 6.45) is 6.04. The van der Waals surface area contributed by atoms with Crippen molar-refractivity contribution in [3.8, 4) is 0 Å². The first-order chi connectivity index (χ1) is 9.44. The summed E-state index contributed by atoms with van der Waals surface area (Å²) in [6, 6.07) is 9.87. The molecule has 1 aliphatic carbocycles. The van der Waals surface area contributed by atoms with E-state index in [1.165, 1.54) is 19.3 Å². The minimum absolute atomic E-state index is 0.0740. The topological polar surface area (TPSA) is 29.1 Å². The summed E-state index contributed by atoms with van der Waals surface area (Å²) in [5, 5.41) is 3.18. The zero-order chi connectivity index (χ0) is 14.6. The van der Waals surface area contributed by atoms with E-state index in [0.29, 0.717) is 11.5 Å². The second-order valence-corrected chi connectivity index (χ2v) is 7.32. The monoisotopic (exact) mass is 273 g/mol. The third kappa shape index (κ3) is 4.66. The molecule has 1 aromatic rings. The maximum atomic E-state index is 12.1. The number of rotatable bonds is 3. The molecule has 1 saturated carbocycles. The summed E-state index contributed by atoms with van der Waals surface area (Å²) < 4.78 is 0. The molecule has 0 heterocycles. The highest BCUT2D eigenvalue weighted by Crippen LogP contribution is 2.34. The van der Waals surface area contributed by atoms with Crippen molar-refractivity contribution in [2.24, 2.45) is 11.3 Å². The highest BCUT2D eigenvalue weighted by Gasteiger charge is 2.25. The van der Waals surface area contributed by atoms with Crippen LogP contribution in [0, 0.1) is 11.3 Å². The molecule has 2 rings (SSSR count). The van der Waals surface area contributed by atoms with Gasteiger partial charge in [0.25, 0.3) is 5.91 Å². The van der Waals surface area contributed by atoms with Crippen LogP contribution >= 0.6 is 0 Å². The molecular weight excluding hydrogens is 246 g/mol. The minimum Gasteiger partial charge on any atom is -0.349 e. The molecule has 2 nitrogen and oxygen atoms in total. The lowest BCUT2D eigenvalue weighted by molar-refractivity contribution is 0.0917. The Hall–Kier alpha value is -1.31. The molecule has 0 bridgehead atoms. The second kappa shape index (κ2) is 6.43. The van der Waals surface area contributed by atoms with Crippen molar-refractivity contribution in [1.29, 1.82) is 0 Å². The molecule has 0 radical (unpaired) electrons. The average molecular weight is 273 g/mol. The van der Waals surface area contributed by atoms with Crippen LogP contribution in [0.15, 0.2) is 30.3 Å². The van der Waals surface area contributed by atoms with Gasteiger partial charge in [-0.05, 0) is 55.6 Å². The van der Waals surface area contributed by atoms with E-state index >= 15 is 0 Å². The van der Waals surface area contributed by atoms with Gasteiger partial charge >= 0.3 is 0 Å². The molecule has 20 heavy (non-hydrogen) atoms. The van der Waals surface area contributed by atoms with Gasteiger partial charge < -0.3 is 5.32 Å². The molecule has 0 aliphatic heterocycles. The first-order valence-electron chi connectivity index (χ1n) is 7.80. The largest absolute Gasteiger partial charge is 0.349 e. The van der Waals surface area contributed by atoms with Gasteiger partial charge in [0.1, 0.15) is 0 Å². The van der Waals surface area contributed by atoms with E-state index < -0.39 is 0 Å². The van der Waals surface area contributed by atoms with Crippen LogP contribution in [0.5, 0.6) is 0 Å². The molecule has 1 amide bonds. The first-order valence-corrected chi connectivity index (χ1v) is 7.80. The quantitative estimate of drug-likeness (QED) is 0.868. The third-order valence-corrected chi connectivity index (χ3v) is 4.12. The number of amides is 1. The molecule has 0 unspecified atom stereocenters. The molecule has 0 saturated heterocycles. The van der Waals surface area contributed by atoms with E-state index in [1.54, 1.807) is 0 Å². The summed E-state index contributed by atoms with van der Waals surface area (Å²) >= 11 is 0. The number of benzene rings is 1. The summed E-state index contributed by atoms with van der Waals surface area (Å²) in [5.41, 5.74) is 1.19. The van der Waals surface area contributed by atoms with Crippen LogP contribution in [-0.2, 0) is 0 Å². The number of carbonyl (C=O) groups excluding carboxylic acids is 1. The van der Waals surface area contributed by atoms with Crippen LogP contribution in [0.3, 0.4) is 0 Å². The molecule has 0 spiro atoms. The van der Waals surface area contributed by atoms with E-state index in [2.05, 4.69) is 26.1 Å². The summed E-state index contributed by atoms with van der Waals surface area (Å²) in [6.45, 7) is 6.95. The molecule has 1 N–H and O–H groups in total. The Morgan fingerprint density at radius 3 is 2.25 bits per heavy atom. The number of nitrogens with one attached hydrogen (secondary N) is 1. The van der Waals surface area contributed by atoms with Gasteiger partial charge in [0.05, 0.1) is 0 Å². The Bertz CT molecular complexity index is 424. The normalized spacial score (nSPS) is 23.4. The van der Waals surface area contributed by atoms with E-state index in [-0.39, 0.29) is 5.91 Å². The van der Waals surface area contributed by atoms with E-state index in [4.69, 9.17) is 0 Å². The van der Waals surface area contributed by atoms with Crippen LogP contribution in [0.2, 0.25) is 0 Å². The van der Waals surface area contributed by atoms with Gasteiger partial charge in [-0.25, -0.2) is 0 Å². The average Bonchev–Trinajstić information content (AvgIpc) is 2.40. The summed E-state index contributed by atoms with van der Waals surface area (Å²) in [7, 11) is 0. The Morgan fingerprint density at radius 2 is 1.70 bits per heavy atom.